The van der Waals surface area contributed by atoms with Gasteiger partial charge in [0.25, 0.3) is 11.8 Å². The predicted octanol–water partition coefficient (Wildman–Crippen LogP) is 5.41. The van der Waals surface area contributed by atoms with E-state index >= 15 is 0 Å². The van der Waals surface area contributed by atoms with Gasteiger partial charge >= 0.3 is 0 Å². The summed E-state index contributed by atoms with van der Waals surface area (Å²) in [5.41, 5.74) is 4.15. The number of carbonyl (C=O) groups is 2. The molecule has 0 spiro atoms. The highest BCUT2D eigenvalue weighted by Crippen LogP contribution is 2.13. The number of carbonyl (C=O) groups excluding carboxylic acids is 2. The maximum Gasteiger partial charge on any atom is 0.254 e. The van der Waals surface area contributed by atoms with E-state index in [1.807, 2.05) is 25.9 Å². The molecule has 1 aliphatic rings. The van der Waals surface area contributed by atoms with Gasteiger partial charge in [-0.2, -0.15) is 0 Å². The molecule has 0 aromatic carbocycles. The zero-order chi connectivity index (χ0) is 21.7. The van der Waals surface area contributed by atoms with Crippen molar-refractivity contribution in [1.29, 1.82) is 0 Å². The molecule has 0 aromatic rings. The Morgan fingerprint density at radius 1 is 1.11 bits per heavy atom. The van der Waals surface area contributed by atoms with Crippen molar-refractivity contribution < 1.29 is 9.59 Å². The minimum atomic E-state index is -0.217. The molecule has 0 radical (unpaired) electrons. The van der Waals surface area contributed by atoms with Gasteiger partial charge in [-0.05, 0) is 68.0 Å². The second-order valence-electron chi connectivity index (χ2n) is 7.46. The van der Waals surface area contributed by atoms with Gasteiger partial charge in [0, 0.05) is 12.2 Å². The van der Waals surface area contributed by atoms with E-state index < -0.39 is 0 Å². The van der Waals surface area contributed by atoms with Crippen LogP contribution in [0.5, 0.6) is 0 Å². The summed E-state index contributed by atoms with van der Waals surface area (Å²) in [5, 5.41) is 0. The van der Waals surface area contributed by atoms with Gasteiger partial charge in [-0.15, -0.1) is 0 Å². The lowest BCUT2D eigenvalue weighted by Crippen LogP contribution is -2.47. The Kier molecular flexibility index (Phi) is 12.8. The molecule has 4 nitrogen and oxygen atoms in total. The molecular weight excluding hydrogens is 348 g/mol. The molecule has 0 bridgehead atoms. The second kappa shape index (κ2) is 13.9. The number of imide groups is 1. The minimum Gasteiger partial charge on any atom is -0.289 e. The maximum atomic E-state index is 11.3. The fourth-order valence-electron chi connectivity index (χ4n) is 2.62. The summed E-state index contributed by atoms with van der Waals surface area (Å²) in [4.78, 5) is 25.7. The van der Waals surface area contributed by atoms with E-state index in [2.05, 4.69) is 65.0 Å². The highest BCUT2D eigenvalue weighted by Gasteiger charge is 2.30. The summed E-state index contributed by atoms with van der Waals surface area (Å²) in [7, 11) is 3.71. The lowest BCUT2D eigenvalue weighted by atomic mass is 10.1. The van der Waals surface area contributed by atoms with Crippen molar-refractivity contribution in [2.45, 2.75) is 67.0 Å². The van der Waals surface area contributed by atoms with Crippen LogP contribution in [0.3, 0.4) is 0 Å². The van der Waals surface area contributed by atoms with Crippen molar-refractivity contribution >= 4 is 11.8 Å². The van der Waals surface area contributed by atoms with Crippen molar-refractivity contribution in [3.63, 3.8) is 0 Å². The third-order valence-corrected chi connectivity index (χ3v) is 4.39. The average Bonchev–Trinajstić information content (AvgIpc) is 2.94. The van der Waals surface area contributed by atoms with Gasteiger partial charge in [-0.1, -0.05) is 54.0 Å². The van der Waals surface area contributed by atoms with Crippen LogP contribution in [-0.4, -0.2) is 41.9 Å². The number of nitrogens with zero attached hydrogens (tertiary/aromatic N) is 2. The van der Waals surface area contributed by atoms with Gasteiger partial charge in [-0.3, -0.25) is 19.4 Å². The molecule has 1 unspecified atom stereocenters. The van der Waals surface area contributed by atoms with Crippen LogP contribution in [0.1, 0.15) is 60.8 Å². The van der Waals surface area contributed by atoms with Crippen LogP contribution in [0.2, 0.25) is 0 Å². The highest BCUT2D eigenvalue weighted by atomic mass is 16.2. The Morgan fingerprint density at radius 3 is 2.11 bits per heavy atom. The van der Waals surface area contributed by atoms with Crippen LogP contribution in [0, 0.1) is 0 Å². The molecule has 0 N–H and O–H groups in total. The van der Waals surface area contributed by atoms with E-state index in [1.54, 1.807) is 0 Å². The van der Waals surface area contributed by atoms with E-state index in [1.165, 1.54) is 33.8 Å². The van der Waals surface area contributed by atoms with Gasteiger partial charge in [0.2, 0.25) is 0 Å². The summed E-state index contributed by atoms with van der Waals surface area (Å²) in [6.07, 6.45) is 16.4. The zero-order valence-electron chi connectivity index (χ0n) is 19.0. The third kappa shape index (κ3) is 10.2. The summed E-state index contributed by atoms with van der Waals surface area (Å²) in [6, 6.07) is 0. The standard InChI is InChI=1S/C15H24.C9H14N2O2/c1-6-14(4)10-8-12-15(5)11-7-9-13(2)3;1-4-7(10(2)3)11-8(12)5-6-9(11)13/h6,8-10,12H,7,11H2,1-5H3;5-7H,4H2,1-3H3. The van der Waals surface area contributed by atoms with E-state index in [4.69, 9.17) is 0 Å². The van der Waals surface area contributed by atoms with Gasteiger partial charge < -0.3 is 0 Å². The molecule has 0 saturated heterocycles. The van der Waals surface area contributed by atoms with Gasteiger partial charge in [0.15, 0.2) is 0 Å². The Bertz CT molecular complexity index is 642. The van der Waals surface area contributed by atoms with E-state index in [0.717, 1.165) is 19.3 Å². The normalized spacial score (nSPS) is 16.0. The maximum absolute atomic E-state index is 11.3. The third-order valence-electron chi connectivity index (χ3n) is 4.39. The SMILES string of the molecule is CC=C(C)C=CC=C(C)CCC=C(C)C.CCC(N(C)C)N1C(=O)C=CC1=O. The van der Waals surface area contributed by atoms with Crippen LogP contribution >= 0.6 is 0 Å². The molecule has 0 fully saturated rings. The lowest BCUT2D eigenvalue weighted by Gasteiger charge is -2.30. The molecule has 28 heavy (non-hydrogen) atoms. The first-order valence-corrected chi connectivity index (χ1v) is 9.95. The van der Waals surface area contributed by atoms with Gasteiger partial charge in [-0.25, -0.2) is 0 Å². The molecule has 0 aromatic heterocycles. The van der Waals surface area contributed by atoms with Crippen molar-refractivity contribution in [1.82, 2.24) is 9.80 Å². The number of hydrogen-bond donors (Lipinski definition) is 0. The molecule has 1 atom stereocenters. The molecule has 2 amide bonds. The van der Waals surface area contributed by atoms with Crippen LogP contribution in [0.25, 0.3) is 0 Å². The summed E-state index contributed by atoms with van der Waals surface area (Å²) in [5.74, 6) is -0.434. The first-order chi connectivity index (χ1) is 13.1. The molecule has 0 saturated carbocycles. The van der Waals surface area contributed by atoms with E-state index in [0.29, 0.717) is 0 Å². The number of rotatable bonds is 8. The topological polar surface area (TPSA) is 40.6 Å². The fraction of sp³-hybridized carbons (Fsp3) is 0.500. The summed E-state index contributed by atoms with van der Waals surface area (Å²) < 4.78 is 0. The van der Waals surface area contributed by atoms with Crippen LogP contribution in [-0.2, 0) is 9.59 Å². The molecule has 1 heterocycles. The average molecular weight is 387 g/mol. The van der Waals surface area contributed by atoms with E-state index in [-0.39, 0.29) is 18.0 Å². The first-order valence-electron chi connectivity index (χ1n) is 9.95. The van der Waals surface area contributed by atoms with Gasteiger partial charge in [0.05, 0.1) is 6.17 Å². The minimum absolute atomic E-state index is 0.130. The highest BCUT2D eigenvalue weighted by molar-refractivity contribution is 6.13. The Labute approximate surface area is 172 Å². The van der Waals surface area contributed by atoms with Crippen molar-refractivity contribution in [2.75, 3.05) is 14.1 Å². The summed E-state index contributed by atoms with van der Waals surface area (Å²) >= 11 is 0. The molecule has 156 valence electrons. The smallest absolute Gasteiger partial charge is 0.254 e. The molecule has 1 rings (SSSR count). The predicted molar refractivity (Wildman–Crippen MR) is 120 cm³/mol. The summed E-state index contributed by atoms with van der Waals surface area (Å²) in [6.45, 7) is 12.6. The van der Waals surface area contributed by atoms with Crippen LogP contribution in [0.15, 0.2) is 59.3 Å². The molecule has 4 heteroatoms. The number of allylic oxidation sites excluding steroid dienone is 8. The Hall–Kier alpha value is -2.20. The monoisotopic (exact) mass is 386 g/mol. The van der Waals surface area contributed by atoms with Crippen molar-refractivity contribution in [2.24, 2.45) is 0 Å². The van der Waals surface area contributed by atoms with Crippen molar-refractivity contribution in [3.8, 4) is 0 Å². The lowest BCUT2D eigenvalue weighted by molar-refractivity contribution is -0.143. The Balaban J connectivity index is 0.000000525. The molecule has 0 aliphatic carbocycles. The first kappa shape index (κ1) is 25.8. The van der Waals surface area contributed by atoms with Crippen molar-refractivity contribution in [3.05, 3.63) is 59.3 Å². The van der Waals surface area contributed by atoms with E-state index in [9.17, 15) is 9.59 Å². The van der Waals surface area contributed by atoms with Crippen LogP contribution < -0.4 is 0 Å². The zero-order valence-corrected chi connectivity index (χ0v) is 19.0. The number of hydrogen-bond acceptors (Lipinski definition) is 3. The largest absolute Gasteiger partial charge is 0.289 e. The number of amides is 2. The van der Waals surface area contributed by atoms with Gasteiger partial charge in [0.1, 0.15) is 0 Å². The second-order valence-corrected chi connectivity index (χ2v) is 7.46. The molecular formula is C24H38N2O2. The molecule has 1 aliphatic heterocycles. The fourth-order valence-corrected chi connectivity index (χ4v) is 2.62. The quantitative estimate of drug-likeness (QED) is 0.318. The Morgan fingerprint density at radius 2 is 1.68 bits per heavy atom. The van der Waals surface area contributed by atoms with Crippen LogP contribution in [0.4, 0.5) is 0 Å².